The van der Waals surface area contributed by atoms with Crippen molar-refractivity contribution >= 4 is 51.0 Å². The van der Waals surface area contributed by atoms with Gasteiger partial charge in [-0.25, -0.2) is 9.97 Å². The summed E-state index contributed by atoms with van der Waals surface area (Å²) in [7, 11) is 0. The first kappa shape index (κ1) is 13.3. The molecule has 0 aliphatic rings. The van der Waals surface area contributed by atoms with E-state index < -0.39 is 0 Å². The van der Waals surface area contributed by atoms with Gasteiger partial charge in [0.2, 0.25) is 0 Å². The number of rotatable bonds is 3. The van der Waals surface area contributed by atoms with Gasteiger partial charge in [0.15, 0.2) is 0 Å². The molecule has 0 radical (unpaired) electrons. The standard InChI is InChI=1S/C11H7BrCl2N4/c12-8-3-1-2-4-9(8)18-17-5-7-10(13)15-6-16-11(7)14/h1-6,18H/b17-5+. The average molecular weight is 346 g/mol. The average Bonchev–Trinajstić information content (AvgIpc) is 2.35. The highest BCUT2D eigenvalue weighted by molar-refractivity contribution is 9.10. The van der Waals surface area contributed by atoms with Crippen LogP contribution in [0.4, 0.5) is 5.69 Å². The molecule has 1 N–H and O–H groups in total. The summed E-state index contributed by atoms with van der Waals surface area (Å²) in [6.07, 6.45) is 2.77. The van der Waals surface area contributed by atoms with E-state index in [9.17, 15) is 0 Å². The zero-order valence-electron chi connectivity index (χ0n) is 8.94. The highest BCUT2D eigenvalue weighted by Gasteiger charge is 2.04. The number of anilines is 1. The molecule has 2 rings (SSSR count). The minimum absolute atomic E-state index is 0.257. The Hall–Kier alpha value is -1.17. The summed E-state index contributed by atoms with van der Waals surface area (Å²) >= 11 is 15.2. The number of benzene rings is 1. The molecule has 4 nitrogen and oxygen atoms in total. The highest BCUT2D eigenvalue weighted by Crippen LogP contribution is 2.21. The van der Waals surface area contributed by atoms with Crippen LogP contribution in [0.25, 0.3) is 0 Å². The maximum absolute atomic E-state index is 5.88. The van der Waals surface area contributed by atoms with Gasteiger partial charge in [-0.3, -0.25) is 5.43 Å². The molecule has 18 heavy (non-hydrogen) atoms. The lowest BCUT2D eigenvalue weighted by Crippen LogP contribution is -1.95. The SMILES string of the molecule is Clc1ncnc(Cl)c1/C=N/Nc1ccccc1Br. The van der Waals surface area contributed by atoms with Crippen LogP contribution in [0.15, 0.2) is 40.2 Å². The summed E-state index contributed by atoms with van der Waals surface area (Å²) in [5.41, 5.74) is 4.17. The predicted octanol–water partition coefficient (Wildman–Crippen LogP) is 3.99. The molecule has 0 aliphatic carbocycles. The van der Waals surface area contributed by atoms with Crippen molar-refractivity contribution in [3.05, 3.63) is 50.9 Å². The van der Waals surface area contributed by atoms with E-state index in [0.717, 1.165) is 10.2 Å². The second-order valence-electron chi connectivity index (χ2n) is 3.22. The van der Waals surface area contributed by atoms with E-state index in [2.05, 4.69) is 36.4 Å². The molecule has 0 aliphatic heterocycles. The molecule has 2 aromatic rings. The fourth-order valence-electron chi connectivity index (χ4n) is 1.18. The second kappa shape index (κ2) is 6.13. The number of halogens is 3. The third kappa shape index (κ3) is 3.19. The minimum Gasteiger partial charge on any atom is -0.277 e. The molecule has 0 fully saturated rings. The molecule has 1 heterocycles. The predicted molar refractivity (Wildman–Crippen MR) is 77.4 cm³/mol. The quantitative estimate of drug-likeness (QED) is 0.519. The summed E-state index contributed by atoms with van der Waals surface area (Å²) < 4.78 is 0.906. The molecule has 0 amide bonds. The molecular formula is C11H7BrCl2N4. The van der Waals surface area contributed by atoms with E-state index in [1.165, 1.54) is 12.5 Å². The molecule has 92 valence electrons. The first-order chi connectivity index (χ1) is 8.68. The van der Waals surface area contributed by atoms with Gasteiger partial charge in [0.05, 0.1) is 17.5 Å². The Balaban J connectivity index is 2.15. The number of hydrazone groups is 1. The van der Waals surface area contributed by atoms with Crippen LogP contribution in [0.2, 0.25) is 10.3 Å². The molecule has 1 aromatic heterocycles. The van der Waals surface area contributed by atoms with Gasteiger partial charge in [0, 0.05) is 4.47 Å². The van der Waals surface area contributed by atoms with Crippen molar-refractivity contribution in [1.82, 2.24) is 9.97 Å². The van der Waals surface area contributed by atoms with Crippen molar-refractivity contribution in [1.29, 1.82) is 0 Å². The van der Waals surface area contributed by atoms with Crippen LogP contribution < -0.4 is 5.43 Å². The largest absolute Gasteiger partial charge is 0.277 e. The fourth-order valence-corrected chi connectivity index (χ4v) is 1.96. The molecule has 7 heteroatoms. The van der Waals surface area contributed by atoms with Gasteiger partial charge >= 0.3 is 0 Å². The van der Waals surface area contributed by atoms with E-state index in [1.54, 1.807) is 0 Å². The van der Waals surface area contributed by atoms with Crippen molar-refractivity contribution < 1.29 is 0 Å². The monoisotopic (exact) mass is 344 g/mol. The van der Waals surface area contributed by atoms with Crippen LogP contribution in [0.1, 0.15) is 5.56 Å². The first-order valence-electron chi connectivity index (χ1n) is 4.88. The molecule has 0 bridgehead atoms. The van der Waals surface area contributed by atoms with E-state index in [4.69, 9.17) is 23.2 Å². The Morgan fingerprint density at radius 1 is 1.17 bits per heavy atom. The van der Waals surface area contributed by atoms with Crippen LogP contribution in [0, 0.1) is 0 Å². The Labute approximate surface area is 122 Å². The molecule has 0 unspecified atom stereocenters. The topological polar surface area (TPSA) is 50.2 Å². The van der Waals surface area contributed by atoms with Gasteiger partial charge in [0.25, 0.3) is 0 Å². The van der Waals surface area contributed by atoms with Crippen molar-refractivity contribution in [2.24, 2.45) is 5.10 Å². The third-order valence-corrected chi connectivity index (χ3v) is 3.33. The van der Waals surface area contributed by atoms with Crippen LogP contribution >= 0.6 is 39.1 Å². The molecule has 0 spiro atoms. The second-order valence-corrected chi connectivity index (χ2v) is 4.79. The van der Waals surface area contributed by atoms with E-state index in [-0.39, 0.29) is 10.3 Å². The summed E-state index contributed by atoms with van der Waals surface area (Å²) in [4.78, 5) is 7.65. The number of aromatic nitrogens is 2. The van der Waals surface area contributed by atoms with Gasteiger partial charge < -0.3 is 0 Å². The van der Waals surface area contributed by atoms with Gasteiger partial charge in [-0.05, 0) is 28.1 Å². The number of hydrogen-bond donors (Lipinski definition) is 1. The molecular weight excluding hydrogens is 339 g/mol. The Morgan fingerprint density at radius 2 is 1.83 bits per heavy atom. The maximum Gasteiger partial charge on any atom is 0.142 e. The van der Waals surface area contributed by atoms with E-state index >= 15 is 0 Å². The lowest BCUT2D eigenvalue weighted by Gasteiger charge is -2.02. The lowest BCUT2D eigenvalue weighted by atomic mass is 10.3. The van der Waals surface area contributed by atoms with Crippen LogP contribution in [-0.2, 0) is 0 Å². The summed E-state index contributed by atoms with van der Waals surface area (Å²) in [6, 6.07) is 7.60. The number of nitrogens with zero attached hydrogens (tertiary/aromatic N) is 3. The van der Waals surface area contributed by atoms with Gasteiger partial charge in [-0.2, -0.15) is 5.10 Å². The number of para-hydroxylation sites is 1. The Morgan fingerprint density at radius 3 is 2.50 bits per heavy atom. The zero-order chi connectivity index (χ0) is 13.0. The van der Waals surface area contributed by atoms with Crippen LogP contribution in [-0.4, -0.2) is 16.2 Å². The summed E-state index contributed by atoms with van der Waals surface area (Å²) in [5, 5.41) is 4.55. The van der Waals surface area contributed by atoms with Crippen LogP contribution in [0.5, 0.6) is 0 Å². The molecule has 0 saturated heterocycles. The Bertz CT molecular complexity index is 569. The van der Waals surface area contributed by atoms with Gasteiger partial charge in [-0.15, -0.1) is 0 Å². The third-order valence-electron chi connectivity index (χ3n) is 2.04. The minimum atomic E-state index is 0.257. The van der Waals surface area contributed by atoms with Crippen molar-refractivity contribution in [3.8, 4) is 0 Å². The van der Waals surface area contributed by atoms with Crippen molar-refractivity contribution in [2.45, 2.75) is 0 Å². The fraction of sp³-hybridized carbons (Fsp3) is 0. The van der Waals surface area contributed by atoms with Crippen LogP contribution in [0.3, 0.4) is 0 Å². The highest BCUT2D eigenvalue weighted by atomic mass is 79.9. The molecule has 0 atom stereocenters. The normalized spacial score (nSPS) is 10.8. The van der Waals surface area contributed by atoms with Gasteiger partial charge in [0.1, 0.15) is 16.6 Å². The number of hydrogen-bond acceptors (Lipinski definition) is 4. The van der Waals surface area contributed by atoms with E-state index in [1.807, 2.05) is 24.3 Å². The van der Waals surface area contributed by atoms with Crippen molar-refractivity contribution in [2.75, 3.05) is 5.43 Å². The smallest absolute Gasteiger partial charge is 0.142 e. The zero-order valence-corrected chi connectivity index (χ0v) is 12.0. The summed E-state index contributed by atoms with van der Waals surface area (Å²) in [6.45, 7) is 0. The maximum atomic E-state index is 5.88. The number of nitrogens with one attached hydrogen (secondary N) is 1. The molecule has 1 aromatic carbocycles. The summed E-state index contributed by atoms with van der Waals surface area (Å²) in [5.74, 6) is 0. The van der Waals surface area contributed by atoms with Gasteiger partial charge in [-0.1, -0.05) is 35.3 Å². The molecule has 0 saturated carbocycles. The Kier molecular flexibility index (Phi) is 4.52. The first-order valence-corrected chi connectivity index (χ1v) is 6.43. The van der Waals surface area contributed by atoms with Crippen molar-refractivity contribution in [3.63, 3.8) is 0 Å². The lowest BCUT2D eigenvalue weighted by molar-refractivity contribution is 1.16. The van der Waals surface area contributed by atoms with E-state index in [0.29, 0.717) is 5.56 Å².